The van der Waals surface area contributed by atoms with Crippen molar-refractivity contribution in [2.75, 3.05) is 11.5 Å². The van der Waals surface area contributed by atoms with E-state index in [1.54, 1.807) is 0 Å². The summed E-state index contributed by atoms with van der Waals surface area (Å²) in [4.78, 5) is 0. The Balaban J connectivity index is 1.86. The maximum Gasteiger partial charge on any atom is 0.113 e. The second kappa shape index (κ2) is 6.91. The van der Waals surface area contributed by atoms with Crippen molar-refractivity contribution in [3.05, 3.63) is 59.7 Å². The van der Waals surface area contributed by atoms with E-state index in [1.807, 2.05) is 24.3 Å². The second-order valence-electron chi connectivity index (χ2n) is 7.47. The summed E-state index contributed by atoms with van der Waals surface area (Å²) in [5.41, 5.74) is 23.1. The molecule has 0 bridgehead atoms. The minimum absolute atomic E-state index is 0.779. The largest absolute Gasteiger partial charge is 0.399 e. The Morgan fingerprint density at radius 2 is 1.04 bits per heavy atom. The van der Waals surface area contributed by atoms with E-state index in [-0.39, 0.29) is 0 Å². The van der Waals surface area contributed by atoms with Crippen molar-refractivity contribution < 1.29 is 0 Å². The summed E-state index contributed by atoms with van der Waals surface area (Å²) in [6.45, 7) is 0. The highest BCUT2D eigenvalue weighted by atomic mass is 32.1. The van der Waals surface area contributed by atoms with Crippen LogP contribution in [0.3, 0.4) is 0 Å². The first kappa shape index (κ1) is 17.2. The number of fused-ring (bicyclic) bond motifs is 2. The first-order chi connectivity index (χ1) is 13.7. The van der Waals surface area contributed by atoms with Gasteiger partial charge in [0.05, 0.1) is 11.7 Å². The summed E-state index contributed by atoms with van der Waals surface area (Å²) < 4.78 is 9.47. The molecule has 0 amide bonds. The van der Waals surface area contributed by atoms with Crippen molar-refractivity contribution in [1.82, 2.24) is 8.75 Å². The zero-order chi connectivity index (χ0) is 19.1. The fraction of sp³-hybridized carbons (Fsp3) is 0.217. The number of nitrogen functional groups attached to an aromatic ring is 2. The fourth-order valence-electron chi connectivity index (χ4n) is 4.36. The lowest BCUT2D eigenvalue weighted by molar-refractivity contribution is 0.712. The molecule has 1 aliphatic rings. The van der Waals surface area contributed by atoms with Gasteiger partial charge in [-0.15, -0.1) is 0 Å². The third kappa shape index (κ3) is 2.83. The summed E-state index contributed by atoms with van der Waals surface area (Å²) in [6.07, 6.45) is 5.82. The molecule has 0 saturated heterocycles. The minimum Gasteiger partial charge on any atom is -0.399 e. The van der Waals surface area contributed by atoms with Crippen molar-refractivity contribution in [3.63, 3.8) is 0 Å². The predicted molar refractivity (Wildman–Crippen MR) is 118 cm³/mol. The molecule has 0 aliphatic heterocycles. The molecular weight excluding hydrogens is 364 g/mol. The van der Waals surface area contributed by atoms with Gasteiger partial charge in [0.15, 0.2) is 0 Å². The zero-order valence-electron chi connectivity index (χ0n) is 15.6. The highest BCUT2D eigenvalue weighted by Crippen LogP contribution is 2.43. The van der Waals surface area contributed by atoms with Crippen molar-refractivity contribution in [1.29, 1.82) is 0 Å². The van der Waals surface area contributed by atoms with E-state index in [2.05, 4.69) is 24.3 Å². The van der Waals surface area contributed by atoms with Crippen LogP contribution < -0.4 is 11.5 Å². The number of hydrogen-bond donors (Lipinski definition) is 2. The number of anilines is 2. The Kier molecular flexibility index (Phi) is 4.24. The molecule has 3 aromatic carbocycles. The van der Waals surface area contributed by atoms with Gasteiger partial charge in [-0.25, -0.2) is 0 Å². The molecule has 0 saturated carbocycles. The molecule has 140 valence electrons. The van der Waals surface area contributed by atoms with Crippen LogP contribution in [0.5, 0.6) is 0 Å². The van der Waals surface area contributed by atoms with Crippen LogP contribution in [0.4, 0.5) is 11.4 Å². The van der Waals surface area contributed by atoms with E-state index < -0.39 is 0 Å². The molecule has 5 rings (SSSR count). The van der Waals surface area contributed by atoms with Gasteiger partial charge in [-0.2, -0.15) is 8.75 Å². The number of nitrogens with zero attached hydrogens (tertiary/aromatic N) is 2. The number of nitrogens with two attached hydrogens (primary N) is 2. The van der Waals surface area contributed by atoms with Crippen molar-refractivity contribution >= 4 is 34.1 Å². The van der Waals surface area contributed by atoms with E-state index in [9.17, 15) is 0 Å². The molecule has 4 aromatic rings. The van der Waals surface area contributed by atoms with E-state index in [4.69, 9.17) is 20.2 Å². The number of benzene rings is 3. The number of hydrogen-bond acceptors (Lipinski definition) is 5. The van der Waals surface area contributed by atoms with Gasteiger partial charge in [-0.1, -0.05) is 30.7 Å². The fourth-order valence-corrected chi connectivity index (χ4v) is 4.92. The Hall–Kier alpha value is -2.92. The van der Waals surface area contributed by atoms with E-state index in [0.717, 1.165) is 35.2 Å². The lowest BCUT2D eigenvalue weighted by atomic mass is 9.85. The minimum atomic E-state index is 0.779. The standard InChI is InChI=1S/C23H22N4S/c24-16-10-6-14(7-11-16)20-18-4-2-1-3-5-19(18)21(23-22(20)26-28-27-23)15-8-12-17(25)13-9-15/h6-13H,1-5,24-25H2. The van der Waals surface area contributed by atoms with Gasteiger partial charge in [0.2, 0.25) is 0 Å². The van der Waals surface area contributed by atoms with E-state index >= 15 is 0 Å². The summed E-state index contributed by atoms with van der Waals surface area (Å²) in [6, 6.07) is 16.3. The monoisotopic (exact) mass is 386 g/mol. The molecule has 28 heavy (non-hydrogen) atoms. The van der Waals surface area contributed by atoms with Crippen molar-refractivity contribution in [2.45, 2.75) is 32.1 Å². The molecule has 1 heterocycles. The van der Waals surface area contributed by atoms with E-state index in [0.29, 0.717) is 0 Å². The van der Waals surface area contributed by atoms with Gasteiger partial charge < -0.3 is 11.5 Å². The van der Waals surface area contributed by atoms with Gasteiger partial charge in [-0.05, 0) is 72.2 Å². The molecule has 0 radical (unpaired) electrons. The highest BCUT2D eigenvalue weighted by molar-refractivity contribution is 7.00. The average Bonchev–Trinajstić information content (AvgIpc) is 3.05. The predicted octanol–water partition coefficient (Wildman–Crippen LogP) is 5.46. The van der Waals surface area contributed by atoms with Crippen LogP contribution in [0, 0.1) is 0 Å². The molecule has 0 spiro atoms. The molecule has 5 heteroatoms. The van der Waals surface area contributed by atoms with Crippen LogP contribution in [0.2, 0.25) is 0 Å². The third-order valence-corrected chi connectivity index (χ3v) is 6.21. The van der Waals surface area contributed by atoms with Gasteiger partial charge >= 0.3 is 0 Å². The van der Waals surface area contributed by atoms with Crippen LogP contribution in [0.15, 0.2) is 48.5 Å². The molecule has 0 fully saturated rings. The highest BCUT2D eigenvalue weighted by Gasteiger charge is 2.24. The number of aromatic nitrogens is 2. The first-order valence-corrected chi connectivity index (χ1v) is 10.5. The van der Waals surface area contributed by atoms with Crippen LogP contribution in [0.1, 0.15) is 30.4 Å². The molecular formula is C23H22N4S. The molecule has 4 N–H and O–H groups in total. The van der Waals surface area contributed by atoms with Gasteiger partial charge in [-0.3, -0.25) is 0 Å². The summed E-state index contributed by atoms with van der Waals surface area (Å²) >= 11 is 1.29. The van der Waals surface area contributed by atoms with Crippen LogP contribution in [-0.2, 0) is 12.8 Å². The Bertz CT molecular complexity index is 1050. The topological polar surface area (TPSA) is 77.8 Å². The summed E-state index contributed by atoms with van der Waals surface area (Å²) in [7, 11) is 0. The molecule has 4 nitrogen and oxygen atoms in total. The number of rotatable bonds is 2. The summed E-state index contributed by atoms with van der Waals surface area (Å²) in [5, 5.41) is 0. The maximum atomic E-state index is 5.94. The Labute approximate surface area is 168 Å². The molecule has 0 unspecified atom stereocenters. The SMILES string of the molecule is Nc1ccc(-c2c3c(c(-c4ccc(N)cc4)c4nsnc24)CCCCC3)cc1. The quantitative estimate of drug-likeness (QED) is 0.354. The molecule has 1 aromatic heterocycles. The van der Waals surface area contributed by atoms with Gasteiger partial charge in [0, 0.05) is 22.5 Å². The van der Waals surface area contributed by atoms with Crippen LogP contribution in [-0.4, -0.2) is 8.75 Å². The average molecular weight is 387 g/mol. The lowest BCUT2D eigenvalue weighted by Gasteiger charge is -2.19. The van der Waals surface area contributed by atoms with Crippen LogP contribution in [0.25, 0.3) is 33.3 Å². The first-order valence-electron chi connectivity index (χ1n) is 9.74. The summed E-state index contributed by atoms with van der Waals surface area (Å²) in [5.74, 6) is 0. The lowest BCUT2D eigenvalue weighted by Crippen LogP contribution is -2.01. The van der Waals surface area contributed by atoms with Gasteiger partial charge in [0.25, 0.3) is 0 Å². The molecule has 0 atom stereocenters. The second-order valence-corrected chi connectivity index (χ2v) is 8.00. The zero-order valence-corrected chi connectivity index (χ0v) is 16.4. The van der Waals surface area contributed by atoms with Gasteiger partial charge in [0.1, 0.15) is 11.0 Å². The maximum absolute atomic E-state index is 5.94. The Morgan fingerprint density at radius 3 is 1.46 bits per heavy atom. The van der Waals surface area contributed by atoms with Crippen molar-refractivity contribution in [3.8, 4) is 22.3 Å². The normalized spacial score (nSPS) is 14.0. The smallest absolute Gasteiger partial charge is 0.113 e. The third-order valence-electron chi connectivity index (χ3n) is 5.68. The van der Waals surface area contributed by atoms with Crippen molar-refractivity contribution in [2.24, 2.45) is 0 Å². The van der Waals surface area contributed by atoms with Crippen LogP contribution >= 0.6 is 11.7 Å². The molecule has 1 aliphatic carbocycles. The Morgan fingerprint density at radius 1 is 0.607 bits per heavy atom. The van der Waals surface area contributed by atoms with E-state index in [1.165, 1.54) is 64.4 Å².